The average Bonchev–Trinajstić information content (AvgIpc) is 3.21. The fraction of sp³-hybridized carbons (Fsp3) is 0.321. The molecule has 2 aliphatic heterocycles. The lowest BCUT2D eigenvalue weighted by Gasteiger charge is -2.30. The van der Waals surface area contributed by atoms with E-state index in [-0.39, 0.29) is 24.2 Å². The zero-order valence-electron chi connectivity index (χ0n) is 20.6. The van der Waals surface area contributed by atoms with Crippen molar-refractivity contribution in [3.63, 3.8) is 0 Å². The number of aromatic carboxylic acids is 1. The quantitative estimate of drug-likeness (QED) is 0.344. The number of carbonyl (C=O) groups is 1. The summed E-state index contributed by atoms with van der Waals surface area (Å²) < 4.78 is 27.7. The number of aromatic nitrogens is 3. The zero-order chi connectivity index (χ0) is 26.2. The molecule has 2 aliphatic rings. The number of hydrogen-bond donors (Lipinski definition) is 1. The molecule has 1 N–H and O–H groups in total. The molecule has 6 rings (SSSR count). The Morgan fingerprint density at radius 2 is 2.03 bits per heavy atom. The van der Waals surface area contributed by atoms with Gasteiger partial charge in [0.05, 0.1) is 19.2 Å². The maximum Gasteiger partial charge on any atom is 0.354 e. The molecule has 1 fully saturated rings. The Morgan fingerprint density at radius 1 is 1.16 bits per heavy atom. The summed E-state index contributed by atoms with van der Waals surface area (Å²) in [6.07, 6.45) is 1.92. The van der Waals surface area contributed by atoms with Crippen molar-refractivity contribution in [2.24, 2.45) is 0 Å². The lowest BCUT2D eigenvalue weighted by atomic mass is 9.99. The molecule has 0 bridgehead atoms. The summed E-state index contributed by atoms with van der Waals surface area (Å²) >= 11 is 5.85. The minimum atomic E-state index is -1.06. The zero-order valence-corrected chi connectivity index (χ0v) is 21.3. The fourth-order valence-electron chi connectivity index (χ4n) is 4.93. The summed E-state index contributed by atoms with van der Waals surface area (Å²) in [5.41, 5.74) is 4.10. The lowest BCUT2D eigenvalue weighted by Crippen LogP contribution is -2.34. The topological polar surface area (TPSA) is 89.7 Å². The van der Waals surface area contributed by atoms with Crippen LogP contribution in [0.1, 0.15) is 39.4 Å². The van der Waals surface area contributed by atoms with E-state index in [0.29, 0.717) is 47.1 Å². The predicted octanol–water partition coefficient (Wildman–Crippen LogP) is 4.85. The molecule has 0 spiro atoms. The van der Waals surface area contributed by atoms with Crippen LogP contribution in [0.15, 0.2) is 48.5 Å². The van der Waals surface area contributed by atoms with E-state index >= 15 is 0 Å². The predicted molar refractivity (Wildman–Crippen MR) is 139 cm³/mol. The second-order valence-corrected chi connectivity index (χ2v) is 10.1. The normalized spacial score (nSPS) is 17.3. The molecular formula is C28H26ClFN4O4. The van der Waals surface area contributed by atoms with Gasteiger partial charge in [0.25, 0.3) is 0 Å². The van der Waals surface area contributed by atoms with Crippen LogP contribution in [0.25, 0.3) is 11.2 Å². The number of hydrogen-bond acceptors (Lipinski definition) is 6. The second kappa shape index (κ2) is 10.3. The van der Waals surface area contributed by atoms with Crippen molar-refractivity contribution in [3.8, 4) is 5.75 Å². The van der Waals surface area contributed by atoms with Gasteiger partial charge in [0.15, 0.2) is 11.3 Å². The van der Waals surface area contributed by atoms with E-state index in [1.165, 1.54) is 17.7 Å². The van der Waals surface area contributed by atoms with Gasteiger partial charge < -0.3 is 19.1 Å². The average molecular weight is 537 g/mol. The summed E-state index contributed by atoms with van der Waals surface area (Å²) in [5.74, 6) is 0.0617. The Kier molecular flexibility index (Phi) is 6.73. The number of carboxylic acids is 1. The van der Waals surface area contributed by atoms with Crippen LogP contribution >= 0.6 is 11.6 Å². The number of nitrogens with zero attached hydrogens (tertiary/aromatic N) is 4. The highest BCUT2D eigenvalue weighted by Crippen LogP contribution is 2.27. The smallest absolute Gasteiger partial charge is 0.354 e. The Labute approximate surface area is 223 Å². The lowest BCUT2D eigenvalue weighted by molar-refractivity contribution is -0.0592. The number of imidazole rings is 1. The van der Waals surface area contributed by atoms with Crippen molar-refractivity contribution < 1.29 is 23.8 Å². The van der Waals surface area contributed by atoms with Crippen LogP contribution in [0, 0.1) is 5.82 Å². The molecular weight excluding hydrogens is 511 g/mol. The van der Waals surface area contributed by atoms with Crippen molar-refractivity contribution >= 4 is 28.7 Å². The van der Waals surface area contributed by atoms with Gasteiger partial charge in [0.1, 0.15) is 29.5 Å². The van der Waals surface area contributed by atoms with E-state index in [2.05, 4.69) is 16.0 Å². The molecule has 4 heterocycles. The molecule has 1 saturated heterocycles. The molecule has 10 heteroatoms. The largest absolute Gasteiger partial charge is 0.489 e. The van der Waals surface area contributed by atoms with E-state index < -0.39 is 5.97 Å². The van der Waals surface area contributed by atoms with Gasteiger partial charge in [-0.3, -0.25) is 4.90 Å². The van der Waals surface area contributed by atoms with Crippen LogP contribution in [-0.4, -0.2) is 49.8 Å². The van der Waals surface area contributed by atoms with Crippen LogP contribution in [0.3, 0.4) is 0 Å². The van der Waals surface area contributed by atoms with Crippen molar-refractivity contribution in [3.05, 3.63) is 87.6 Å². The Bertz CT molecular complexity index is 1520. The molecule has 4 aromatic rings. The van der Waals surface area contributed by atoms with Crippen LogP contribution in [-0.2, 0) is 37.4 Å². The van der Waals surface area contributed by atoms with Gasteiger partial charge in [0, 0.05) is 30.3 Å². The summed E-state index contributed by atoms with van der Waals surface area (Å²) in [6, 6.07) is 13.8. The third-order valence-corrected chi connectivity index (χ3v) is 7.35. The van der Waals surface area contributed by atoms with Crippen LogP contribution < -0.4 is 4.74 Å². The van der Waals surface area contributed by atoms with Crippen LogP contribution in [0.4, 0.5) is 4.39 Å². The molecule has 38 heavy (non-hydrogen) atoms. The highest BCUT2D eigenvalue weighted by atomic mass is 35.5. The highest BCUT2D eigenvalue weighted by molar-refractivity contribution is 6.30. The minimum Gasteiger partial charge on any atom is -0.489 e. The molecule has 1 atom stereocenters. The summed E-state index contributed by atoms with van der Waals surface area (Å²) in [7, 11) is 0. The molecule has 196 valence electrons. The van der Waals surface area contributed by atoms with E-state index in [9.17, 15) is 14.3 Å². The minimum absolute atomic E-state index is 0.00219. The van der Waals surface area contributed by atoms with E-state index in [1.807, 2.05) is 16.7 Å². The molecule has 0 radical (unpaired) electrons. The van der Waals surface area contributed by atoms with Gasteiger partial charge in [0.2, 0.25) is 0 Å². The molecule has 0 amide bonds. The fourth-order valence-corrected chi connectivity index (χ4v) is 5.09. The molecule has 2 aromatic heterocycles. The number of benzene rings is 2. The Hall–Kier alpha value is -3.53. The van der Waals surface area contributed by atoms with Gasteiger partial charge in [-0.15, -0.1) is 0 Å². The van der Waals surface area contributed by atoms with Crippen molar-refractivity contribution in [2.75, 3.05) is 13.2 Å². The van der Waals surface area contributed by atoms with Gasteiger partial charge in [-0.25, -0.2) is 19.2 Å². The summed E-state index contributed by atoms with van der Waals surface area (Å²) in [6.45, 7) is 3.60. The number of halogens is 2. The SMILES string of the molecule is O=C(O)c1ccc2nc(CN3CCc4ccc(OCc5ccc(Cl)cc5F)cc4C3)n(C[C@@H]3CCO3)c2n1. The van der Waals surface area contributed by atoms with Crippen molar-refractivity contribution in [2.45, 2.75) is 45.2 Å². The van der Waals surface area contributed by atoms with Gasteiger partial charge in [-0.2, -0.15) is 0 Å². The van der Waals surface area contributed by atoms with E-state index in [4.69, 9.17) is 26.1 Å². The maximum atomic E-state index is 14.1. The molecule has 0 saturated carbocycles. The number of pyridine rings is 1. The number of carboxylic acid groups (broad SMARTS) is 1. The monoisotopic (exact) mass is 536 g/mol. The first-order chi connectivity index (χ1) is 18.4. The first-order valence-electron chi connectivity index (χ1n) is 12.5. The highest BCUT2D eigenvalue weighted by Gasteiger charge is 2.25. The number of rotatable bonds is 8. The van der Waals surface area contributed by atoms with Gasteiger partial charge >= 0.3 is 5.97 Å². The van der Waals surface area contributed by atoms with E-state index in [0.717, 1.165) is 37.4 Å². The first-order valence-corrected chi connectivity index (χ1v) is 12.9. The molecule has 8 nitrogen and oxygen atoms in total. The Balaban J connectivity index is 1.20. The third kappa shape index (κ3) is 5.09. The second-order valence-electron chi connectivity index (χ2n) is 9.68. The standard InChI is InChI=1S/C28H26ClFN4O4/c29-20-3-1-18(23(30)12-20)16-38-21-4-2-17-7-9-33(13-19(17)11-21)15-26-31-24-5-6-25(28(35)36)32-27(24)34(26)14-22-8-10-37-22/h1-6,11-12,22H,7-10,13-16H2,(H,35,36)/t22-/m0/s1. The molecule has 0 unspecified atom stereocenters. The maximum absolute atomic E-state index is 14.1. The summed E-state index contributed by atoms with van der Waals surface area (Å²) in [5, 5.41) is 9.78. The first kappa shape index (κ1) is 24.8. The van der Waals surface area contributed by atoms with Crippen LogP contribution in [0.5, 0.6) is 5.75 Å². The molecule has 0 aliphatic carbocycles. The Morgan fingerprint density at radius 3 is 2.79 bits per heavy atom. The summed E-state index contributed by atoms with van der Waals surface area (Å²) in [4.78, 5) is 23.0. The van der Waals surface area contributed by atoms with Crippen LogP contribution in [0.2, 0.25) is 5.02 Å². The molecule has 2 aromatic carbocycles. The van der Waals surface area contributed by atoms with E-state index in [1.54, 1.807) is 18.2 Å². The van der Waals surface area contributed by atoms with Crippen molar-refractivity contribution in [1.29, 1.82) is 0 Å². The van der Waals surface area contributed by atoms with Crippen molar-refractivity contribution in [1.82, 2.24) is 19.4 Å². The number of fused-ring (bicyclic) bond motifs is 2. The third-order valence-electron chi connectivity index (χ3n) is 7.11. The van der Waals surface area contributed by atoms with Gasteiger partial charge in [-0.05, 0) is 60.4 Å². The van der Waals surface area contributed by atoms with Gasteiger partial charge in [-0.1, -0.05) is 23.7 Å². The number of ether oxygens (including phenoxy) is 2.